The first-order valence-electron chi connectivity index (χ1n) is 8.74. The molecule has 0 saturated heterocycles. The second kappa shape index (κ2) is 9.04. The fourth-order valence-electron chi connectivity index (χ4n) is 2.80. The van der Waals surface area contributed by atoms with Gasteiger partial charge < -0.3 is 15.2 Å². The average molecular weight is 355 g/mol. The molecule has 138 valence electrons. The van der Waals surface area contributed by atoms with E-state index in [-0.39, 0.29) is 17.9 Å². The number of carbonyl (C=O) groups is 2. The Balaban J connectivity index is 1.81. The summed E-state index contributed by atoms with van der Waals surface area (Å²) in [6, 6.07) is 12.4. The van der Waals surface area contributed by atoms with Crippen molar-refractivity contribution in [3.05, 3.63) is 59.2 Å². The highest BCUT2D eigenvalue weighted by Crippen LogP contribution is 2.23. The second-order valence-electron chi connectivity index (χ2n) is 6.52. The fraction of sp³-hybridized carbons (Fsp3) is 0.333. The first-order valence-corrected chi connectivity index (χ1v) is 8.74. The highest BCUT2D eigenvalue weighted by atomic mass is 16.5. The highest BCUT2D eigenvalue weighted by molar-refractivity contribution is 6.00. The van der Waals surface area contributed by atoms with E-state index in [1.807, 2.05) is 12.1 Å². The van der Waals surface area contributed by atoms with Crippen LogP contribution >= 0.6 is 0 Å². The summed E-state index contributed by atoms with van der Waals surface area (Å²) < 4.78 is 5.71. The third-order valence-electron chi connectivity index (χ3n) is 4.11. The molecule has 2 rings (SSSR count). The number of hydrogen-bond donors (Lipinski definition) is 2. The van der Waals surface area contributed by atoms with Crippen molar-refractivity contribution in [1.82, 2.24) is 0 Å². The van der Waals surface area contributed by atoms with Gasteiger partial charge in [-0.1, -0.05) is 32.0 Å². The normalized spacial score (nSPS) is 10.6. The summed E-state index contributed by atoms with van der Waals surface area (Å²) in [5, 5.41) is 11.8. The number of carboxylic acids is 1. The van der Waals surface area contributed by atoms with Gasteiger partial charge in [0.25, 0.3) is 0 Å². The number of para-hydroxylation sites is 1. The molecule has 0 bridgehead atoms. The Hall–Kier alpha value is -2.82. The Morgan fingerprint density at radius 3 is 2.54 bits per heavy atom. The van der Waals surface area contributed by atoms with Crippen molar-refractivity contribution in [3.63, 3.8) is 0 Å². The molecular formula is C21H25NO4. The minimum atomic E-state index is -1.07. The maximum absolute atomic E-state index is 12.0. The van der Waals surface area contributed by atoms with Gasteiger partial charge in [-0.25, -0.2) is 4.79 Å². The van der Waals surface area contributed by atoms with E-state index in [0.717, 1.165) is 5.75 Å². The molecule has 0 fully saturated rings. The lowest BCUT2D eigenvalue weighted by molar-refractivity contribution is -0.116. The van der Waals surface area contributed by atoms with Crippen LogP contribution in [-0.4, -0.2) is 23.6 Å². The molecule has 26 heavy (non-hydrogen) atoms. The molecule has 0 spiro atoms. The number of aromatic carboxylic acids is 1. The Morgan fingerprint density at radius 2 is 1.88 bits per heavy atom. The SMILES string of the molecule is Cc1cc(OCCCC(=O)Nc2ccccc2C(=O)O)ccc1C(C)C. The van der Waals surface area contributed by atoms with Crippen LogP contribution in [0.15, 0.2) is 42.5 Å². The zero-order valence-corrected chi connectivity index (χ0v) is 15.4. The van der Waals surface area contributed by atoms with Gasteiger partial charge in [0.15, 0.2) is 0 Å². The molecule has 0 heterocycles. The summed E-state index contributed by atoms with van der Waals surface area (Å²) in [6.07, 6.45) is 0.809. The number of aryl methyl sites for hydroxylation is 1. The van der Waals surface area contributed by atoms with Crippen LogP contribution in [0.2, 0.25) is 0 Å². The number of ether oxygens (including phenoxy) is 1. The third kappa shape index (κ3) is 5.34. The Bertz CT molecular complexity index is 783. The number of benzene rings is 2. The van der Waals surface area contributed by atoms with Gasteiger partial charge in [0.2, 0.25) is 5.91 Å². The summed E-state index contributed by atoms with van der Waals surface area (Å²) >= 11 is 0. The molecule has 2 aromatic rings. The molecule has 0 aliphatic rings. The molecule has 0 aromatic heterocycles. The Morgan fingerprint density at radius 1 is 1.15 bits per heavy atom. The molecular weight excluding hydrogens is 330 g/mol. The number of carboxylic acid groups (broad SMARTS) is 1. The van der Waals surface area contributed by atoms with Crippen molar-refractivity contribution < 1.29 is 19.4 Å². The minimum Gasteiger partial charge on any atom is -0.494 e. The molecule has 5 heteroatoms. The van der Waals surface area contributed by atoms with E-state index in [9.17, 15) is 9.59 Å². The van der Waals surface area contributed by atoms with Gasteiger partial charge in [-0.2, -0.15) is 0 Å². The summed E-state index contributed by atoms with van der Waals surface area (Å²) in [5.74, 6) is -0.0250. The van der Waals surface area contributed by atoms with Gasteiger partial charge in [-0.3, -0.25) is 4.79 Å². The number of nitrogens with one attached hydrogen (secondary N) is 1. The molecule has 5 nitrogen and oxygen atoms in total. The van der Waals surface area contributed by atoms with E-state index >= 15 is 0 Å². The van der Waals surface area contributed by atoms with E-state index < -0.39 is 5.97 Å². The van der Waals surface area contributed by atoms with Gasteiger partial charge in [0.05, 0.1) is 17.9 Å². The van der Waals surface area contributed by atoms with Gasteiger partial charge in [0.1, 0.15) is 5.75 Å². The molecule has 0 radical (unpaired) electrons. The predicted octanol–water partition coefficient (Wildman–Crippen LogP) is 4.61. The molecule has 0 atom stereocenters. The van der Waals surface area contributed by atoms with Crippen LogP contribution in [0, 0.1) is 6.92 Å². The highest BCUT2D eigenvalue weighted by Gasteiger charge is 2.11. The summed E-state index contributed by atoms with van der Waals surface area (Å²) in [5.41, 5.74) is 2.89. The third-order valence-corrected chi connectivity index (χ3v) is 4.11. The van der Waals surface area contributed by atoms with Crippen LogP contribution in [0.1, 0.15) is 54.1 Å². The zero-order chi connectivity index (χ0) is 19.1. The van der Waals surface area contributed by atoms with Gasteiger partial charge in [-0.05, 0) is 54.7 Å². The number of carbonyl (C=O) groups excluding carboxylic acids is 1. The standard InChI is InChI=1S/C21H25NO4/c1-14(2)17-11-10-16(13-15(17)3)26-12-6-9-20(23)22-19-8-5-4-7-18(19)21(24)25/h4-5,7-8,10-11,13-14H,6,9,12H2,1-3H3,(H,22,23)(H,24,25). The summed E-state index contributed by atoms with van der Waals surface area (Å²) in [4.78, 5) is 23.2. The molecule has 2 N–H and O–H groups in total. The maximum Gasteiger partial charge on any atom is 0.337 e. The van der Waals surface area contributed by atoms with Crippen molar-refractivity contribution in [1.29, 1.82) is 0 Å². The van der Waals surface area contributed by atoms with E-state index in [0.29, 0.717) is 24.6 Å². The van der Waals surface area contributed by atoms with Crippen molar-refractivity contribution >= 4 is 17.6 Å². The summed E-state index contributed by atoms with van der Waals surface area (Å²) in [7, 11) is 0. The Kier molecular flexibility index (Phi) is 6.78. The summed E-state index contributed by atoms with van der Waals surface area (Å²) in [6.45, 7) is 6.80. The number of anilines is 1. The quantitative estimate of drug-likeness (QED) is 0.678. The second-order valence-corrected chi connectivity index (χ2v) is 6.52. The van der Waals surface area contributed by atoms with E-state index in [2.05, 4.69) is 32.2 Å². The molecule has 1 amide bonds. The van der Waals surface area contributed by atoms with Crippen LogP contribution < -0.4 is 10.1 Å². The lowest BCUT2D eigenvalue weighted by Crippen LogP contribution is -2.15. The number of hydrogen-bond acceptors (Lipinski definition) is 3. The lowest BCUT2D eigenvalue weighted by Gasteiger charge is -2.12. The smallest absolute Gasteiger partial charge is 0.337 e. The van der Waals surface area contributed by atoms with Crippen LogP contribution in [-0.2, 0) is 4.79 Å². The number of amides is 1. The number of rotatable bonds is 8. The van der Waals surface area contributed by atoms with Crippen LogP contribution in [0.4, 0.5) is 5.69 Å². The van der Waals surface area contributed by atoms with Crippen LogP contribution in [0.25, 0.3) is 0 Å². The molecule has 0 unspecified atom stereocenters. The van der Waals surface area contributed by atoms with E-state index in [1.165, 1.54) is 17.2 Å². The lowest BCUT2D eigenvalue weighted by atomic mass is 9.98. The first-order chi connectivity index (χ1) is 12.4. The van der Waals surface area contributed by atoms with Crippen molar-refractivity contribution in [2.75, 3.05) is 11.9 Å². The predicted molar refractivity (Wildman–Crippen MR) is 102 cm³/mol. The van der Waals surface area contributed by atoms with Crippen molar-refractivity contribution in [3.8, 4) is 5.75 Å². The molecule has 2 aromatic carbocycles. The van der Waals surface area contributed by atoms with Crippen LogP contribution in [0.5, 0.6) is 5.75 Å². The monoisotopic (exact) mass is 355 g/mol. The van der Waals surface area contributed by atoms with Gasteiger partial charge in [-0.15, -0.1) is 0 Å². The minimum absolute atomic E-state index is 0.0813. The molecule has 0 saturated carbocycles. The van der Waals surface area contributed by atoms with Crippen LogP contribution in [0.3, 0.4) is 0 Å². The maximum atomic E-state index is 12.0. The zero-order valence-electron chi connectivity index (χ0n) is 15.4. The van der Waals surface area contributed by atoms with Crippen molar-refractivity contribution in [2.45, 2.75) is 39.5 Å². The fourth-order valence-corrected chi connectivity index (χ4v) is 2.80. The van der Waals surface area contributed by atoms with E-state index in [4.69, 9.17) is 9.84 Å². The van der Waals surface area contributed by atoms with Crippen molar-refractivity contribution in [2.24, 2.45) is 0 Å². The first kappa shape index (κ1) is 19.5. The molecule has 0 aliphatic heterocycles. The van der Waals surface area contributed by atoms with Gasteiger partial charge in [0, 0.05) is 6.42 Å². The Labute approximate surface area is 154 Å². The topological polar surface area (TPSA) is 75.6 Å². The van der Waals surface area contributed by atoms with E-state index in [1.54, 1.807) is 18.2 Å². The van der Waals surface area contributed by atoms with Gasteiger partial charge >= 0.3 is 5.97 Å². The average Bonchev–Trinajstić information content (AvgIpc) is 2.58. The molecule has 0 aliphatic carbocycles. The largest absolute Gasteiger partial charge is 0.494 e.